The lowest BCUT2D eigenvalue weighted by Crippen LogP contribution is -2.13. The van der Waals surface area contributed by atoms with Gasteiger partial charge >= 0.3 is 0 Å². The first kappa shape index (κ1) is 13.7. The minimum atomic E-state index is -3.84. The molecule has 0 spiro atoms. The number of aromatic nitrogens is 2. The van der Waals surface area contributed by atoms with Crippen molar-refractivity contribution in [3.8, 4) is 5.75 Å². The summed E-state index contributed by atoms with van der Waals surface area (Å²) in [5.74, 6) is -0.317. The number of benzene rings is 1. The number of rotatable bonds is 4. The van der Waals surface area contributed by atoms with Gasteiger partial charge in [0, 0.05) is 12.7 Å². The lowest BCUT2D eigenvalue weighted by molar-refractivity contribution is 0.478. The van der Waals surface area contributed by atoms with Gasteiger partial charge in [-0.1, -0.05) is 17.7 Å². The molecule has 1 heterocycles. The summed E-state index contributed by atoms with van der Waals surface area (Å²) in [5.41, 5.74) is 0.0125. The molecular formula is C11H12ClN3O3S. The molecule has 0 aliphatic heterocycles. The topological polar surface area (TPSA) is 84.2 Å². The first-order valence-corrected chi connectivity index (χ1v) is 7.32. The Balaban J connectivity index is 2.33. The zero-order valence-electron chi connectivity index (χ0n) is 10.0. The summed E-state index contributed by atoms with van der Waals surface area (Å²) in [6.45, 7) is 2.49. The number of aromatic hydroxyl groups is 1. The largest absolute Gasteiger partial charge is 0.504 e. The summed E-state index contributed by atoms with van der Waals surface area (Å²) >= 11 is 5.71. The number of para-hydroxylation sites is 1. The standard InChI is InChI=1S/C11H12ClN3O3S/c1-2-15-6-10(13-7-15)19(17,18)14-9-5-3-4-8(12)11(9)16/h3-7,14,16H,2H2,1H3. The van der Waals surface area contributed by atoms with Crippen LogP contribution in [0.4, 0.5) is 5.69 Å². The zero-order chi connectivity index (χ0) is 14.0. The van der Waals surface area contributed by atoms with E-state index < -0.39 is 10.0 Å². The fourth-order valence-corrected chi connectivity index (χ4v) is 2.64. The molecule has 6 nitrogen and oxygen atoms in total. The Kier molecular flexibility index (Phi) is 3.68. The van der Waals surface area contributed by atoms with Crippen LogP contribution in [0.3, 0.4) is 0 Å². The minimum Gasteiger partial charge on any atom is -0.504 e. The maximum absolute atomic E-state index is 12.1. The van der Waals surface area contributed by atoms with E-state index in [0.29, 0.717) is 6.54 Å². The molecule has 1 aromatic carbocycles. The summed E-state index contributed by atoms with van der Waals surface area (Å²) in [6.07, 6.45) is 2.83. The predicted octanol–water partition coefficient (Wildman–Crippen LogP) is 2.06. The monoisotopic (exact) mass is 301 g/mol. The number of nitrogens with one attached hydrogen (secondary N) is 1. The minimum absolute atomic E-state index is 0.0125. The second-order valence-corrected chi connectivity index (χ2v) is 5.82. The highest BCUT2D eigenvalue weighted by molar-refractivity contribution is 7.92. The average Bonchev–Trinajstić information content (AvgIpc) is 2.84. The number of halogens is 1. The molecule has 0 radical (unpaired) electrons. The normalized spacial score (nSPS) is 11.5. The highest BCUT2D eigenvalue weighted by Crippen LogP contribution is 2.32. The number of phenols is 1. The molecule has 19 heavy (non-hydrogen) atoms. The van der Waals surface area contributed by atoms with Crippen LogP contribution in [0.1, 0.15) is 6.92 Å². The Morgan fingerprint density at radius 2 is 2.21 bits per heavy atom. The van der Waals surface area contributed by atoms with E-state index in [1.54, 1.807) is 4.57 Å². The molecule has 0 aliphatic carbocycles. The Morgan fingerprint density at radius 3 is 2.84 bits per heavy atom. The van der Waals surface area contributed by atoms with Crippen molar-refractivity contribution >= 4 is 27.3 Å². The van der Waals surface area contributed by atoms with E-state index in [9.17, 15) is 13.5 Å². The van der Waals surface area contributed by atoms with Crippen molar-refractivity contribution in [1.29, 1.82) is 0 Å². The molecule has 0 amide bonds. The SMILES string of the molecule is CCn1cnc(S(=O)(=O)Nc2cccc(Cl)c2O)c1. The van der Waals surface area contributed by atoms with Crippen LogP contribution in [0.5, 0.6) is 5.75 Å². The molecule has 2 aromatic rings. The van der Waals surface area contributed by atoms with Crippen molar-refractivity contribution in [3.05, 3.63) is 35.7 Å². The van der Waals surface area contributed by atoms with Gasteiger partial charge in [0.05, 0.1) is 17.0 Å². The third kappa shape index (κ3) is 2.82. The van der Waals surface area contributed by atoms with Gasteiger partial charge in [-0.05, 0) is 19.1 Å². The van der Waals surface area contributed by atoms with Crippen LogP contribution in [0.2, 0.25) is 5.02 Å². The van der Waals surface area contributed by atoms with E-state index in [1.165, 1.54) is 30.7 Å². The highest BCUT2D eigenvalue weighted by atomic mass is 35.5. The Morgan fingerprint density at radius 1 is 1.47 bits per heavy atom. The third-order valence-corrected chi connectivity index (χ3v) is 4.04. The summed E-state index contributed by atoms with van der Waals surface area (Å²) in [4.78, 5) is 3.80. The number of phenolic OH excluding ortho intramolecular Hbond substituents is 1. The van der Waals surface area contributed by atoms with Gasteiger partial charge in [-0.3, -0.25) is 4.72 Å². The Hall–Kier alpha value is -1.73. The molecule has 0 atom stereocenters. The van der Waals surface area contributed by atoms with Crippen LogP contribution >= 0.6 is 11.6 Å². The lowest BCUT2D eigenvalue weighted by atomic mass is 10.3. The quantitative estimate of drug-likeness (QED) is 0.847. The van der Waals surface area contributed by atoms with Crippen LogP contribution in [-0.4, -0.2) is 23.1 Å². The molecule has 2 rings (SSSR count). The van der Waals surface area contributed by atoms with E-state index in [-0.39, 0.29) is 21.5 Å². The number of sulfonamides is 1. The second-order valence-electron chi connectivity index (χ2n) is 3.78. The molecule has 0 bridgehead atoms. The van der Waals surface area contributed by atoms with Crippen LogP contribution in [0.15, 0.2) is 35.7 Å². The maximum atomic E-state index is 12.1. The van der Waals surface area contributed by atoms with Gasteiger partial charge in [0.25, 0.3) is 10.0 Å². The fraction of sp³-hybridized carbons (Fsp3) is 0.182. The van der Waals surface area contributed by atoms with Crippen molar-refractivity contribution in [2.45, 2.75) is 18.5 Å². The molecule has 0 unspecified atom stereocenters. The van der Waals surface area contributed by atoms with E-state index >= 15 is 0 Å². The Labute approximate surface area is 115 Å². The summed E-state index contributed by atoms with van der Waals surface area (Å²) < 4.78 is 28.0. The first-order chi connectivity index (χ1) is 8.94. The first-order valence-electron chi connectivity index (χ1n) is 5.46. The van der Waals surface area contributed by atoms with Crippen molar-refractivity contribution < 1.29 is 13.5 Å². The van der Waals surface area contributed by atoms with E-state index in [2.05, 4.69) is 9.71 Å². The molecular weight excluding hydrogens is 290 g/mol. The second kappa shape index (κ2) is 5.10. The summed E-state index contributed by atoms with van der Waals surface area (Å²) in [6, 6.07) is 4.40. The van der Waals surface area contributed by atoms with Crippen LogP contribution in [-0.2, 0) is 16.6 Å². The summed E-state index contributed by atoms with van der Waals surface area (Å²) in [7, 11) is -3.84. The van der Waals surface area contributed by atoms with Crippen molar-refractivity contribution in [2.75, 3.05) is 4.72 Å². The van der Waals surface area contributed by atoms with Gasteiger partial charge in [0.1, 0.15) is 0 Å². The number of hydrogen-bond acceptors (Lipinski definition) is 4. The fourth-order valence-electron chi connectivity index (χ4n) is 1.45. The average molecular weight is 302 g/mol. The number of aryl methyl sites for hydroxylation is 1. The molecule has 8 heteroatoms. The van der Waals surface area contributed by atoms with Gasteiger partial charge in [0.2, 0.25) is 0 Å². The third-order valence-electron chi connectivity index (χ3n) is 2.48. The van der Waals surface area contributed by atoms with Crippen molar-refractivity contribution in [2.24, 2.45) is 0 Å². The smallest absolute Gasteiger partial charge is 0.281 e. The molecule has 2 N–H and O–H groups in total. The van der Waals surface area contributed by atoms with E-state index in [0.717, 1.165) is 0 Å². The number of hydrogen-bond donors (Lipinski definition) is 2. The van der Waals surface area contributed by atoms with E-state index in [1.807, 2.05) is 6.92 Å². The van der Waals surface area contributed by atoms with Crippen LogP contribution in [0.25, 0.3) is 0 Å². The lowest BCUT2D eigenvalue weighted by Gasteiger charge is -2.08. The zero-order valence-corrected chi connectivity index (χ0v) is 11.6. The predicted molar refractivity (Wildman–Crippen MR) is 71.8 cm³/mol. The van der Waals surface area contributed by atoms with Crippen molar-refractivity contribution in [1.82, 2.24) is 9.55 Å². The van der Waals surface area contributed by atoms with Gasteiger partial charge < -0.3 is 9.67 Å². The molecule has 0 saturated carbocycles. The molecule has 0 saturated heterocycles. The number of nitrogens with zero attached hydrogens (tertiary/aromatic N) is 2. The highest BCUT2D eigenvalue weighted by Gasteiger charge is 2.19. The molecule has 1 aromatic heterocycles. The number of imidazole rings is 1. The van der Waals surface area contributed by atoms with Gasteiger partial charge in [-0.25, -0.2) is 4.98 Å². The van der Waals surface area contributed by atoms with E-state index in [4.69, 9.17) is 11.6 Å². The van der Waals surface area contributed by atoms with Gasteiger partial charge in [0.15, 0.2) is 10.8 Å². The Bertz CT molecular complexity index is 697. The maximum Gasteiger partial charge on any atom is 0.281 e. The molecule has 0 aliphatic rings. The molecule has 102 valence electrons. The van der Waals surface area contributed by atoms with Crippen LogP contribution in [0, 0.1) is 0 Å². The van der Waals surface area contributed by atoms with Gasteiger partial charge in [-0.2, -0.15) is 8.42 Å². The summed E-state index contributed by atoms with van der Waals surface area (Å²) in [5, 5.41) is 9.63. The molecule has 0 fully saturated rings. The van der Waals surface area contributed by atoms with Crippen LogP contribution < -0.4 is 4.72 Å². The van der Waals surface area contributed by atoms with Gasteiger partial charge in [-0.15, -0.1) is 0 Å². The van der Waals surface area contributed by atoms with Crippen molar-refractivity contribution in [3.63, 3.8) is 0 Å². The number of anilines is 1.